The van der Waals surface area contributed by atoms with E-state index in [1.807, 2.05) is 6.07 Å². The van der Waals surface area contributed by atoms with Gasteiger partial charge in [0.05, 0.1) is 20.8 Å². The van der Waals surface area contributed by atoms with Crippen LogP contribution in [0.15, 0.2) is 34.0 Å². The zero-order chi connectivity index (χ0) is 17.6. The lowest BCUT2D eigenvalue weighted by atomic mass is 9.99. The van der Waals surface area contributed by atoms with Crippen molar-refractivity contribution in [1.29, 1.82) is 0 Å². The Morgan fingerprint density at radius 3 is 2.68 bits per heavy atom. The number of nitrogens with one attached hydrogen (secondary N) is 1. The minimum atomic E-state index is 0.494. The zero-order valence-electron chi connectivity index (χ0n) is 14.9. The number of rotatable bonds is 5. The summed E-state index contributed by atoms with van der Waals surface area (Å²) >= 11 is 0. The summed E-state index contributed by atoms with van der Waals surface area (Å²) in [5.74, 6) is 2.42. The van der Waals surface area contributed by atoms with Gasteiger partial charge in [0, 0.05) is 25.7 Å². The molecule has 0 saturated heterocycles. The number of aliphatic imine (C=N–C) groups is 1. The van der Waals surface area contributed by atoms with Crippen LogP contribution in [0.4, 0.5) is 0 Å². The van der Waals surface area contributed by atoms with Crippen molar-refractivity contribution in [3.63, 3.8) is 0 Å². The highest BCUT2D eigenvalue weighted by atomic mass is 16.5. The normalized spacial score (nSPS) is 14.2. The molecular weight excluding hydrogens is 320 g/mol. The molecule has 134 valence electrons. The molecule has 0 radical (unpaired) electrons. The fourth-order valence-electron chi connectivity index (χ4n) is 2.96. The largest absolute Gasteiger partial charge is 0.493 e. The summed E-state index contributed by atoms with van der Waals surface area (Å²) in [6, 6.07) is 5.96. The van der Waals surface area contributed by atoms with Crippen molar-refractivity contribution in [2.45, 2.75) is 26.4 Å². The molecule has 1 aliphatic rings. The Balaban J connectivity index is 1.80. The summed E-state index contributed by atoms with van der Waals surface area (Å²) in [4.78, 5) is 6.93. The Hall–Kier alpha value is -2.70. The van der Waals surface area contributed by atoms with E-state index in [9.17, 15) is 0 Å². The van der Waals surface area contributed by atoms with Crippen molar-refractivity contribution < 1.29 is 14.0 Å². The maximum Gasteiger partial charge on any atom is 0.194 e. The number of benzene rings is 1. The summed E-state index contributed by atoms with van der Waals surface area (Å²) in [5.41, 5.74) is 3.34. The molecule has 0 fully saturated rings. The fourth-order valence-corrected chi connectivity index (χ4v) is 2.96. The third-order valence-electron chi connectivity index (χ3n) is 4.23. The second-order valence-electron chi connectivity index (χ2n) is 5.81. The van der Waals surface area contributed by atoms with E-state index >= 15 is 0 Å². The van der Waals surface area contributed by atoms with Gasteiger partial charge >= 0.3 is 0 Å². The van der Waals surface area contributed by atoms with E-state index < -0.39 is 0 Å². The summed E-state index contributed by atoms with van der Waals surface area (Å²) in [7, 11) is 3.33. The van der Waals surface area contributed by atoms with Crippen LogP contribution in [-0.2, 0) is 19.5 Å². The van der Waals surface area contributed by atoms with Gasteiger partial charge in [-0.05, 0) is 36.6 Å². The van der Waals surface area contributed by atoms with Crippen LogP contribution < -0.4 is 14.8 Å². The fraction of sp³-hybridized carbons (Fsp3) is 0.444. The van der Waals surface area contributed by atoms with Gasteiger partial charge in [-0.25, -0.2) is 4.99 Å². The number of hydrogen-bond donors (Lipinski definition) is 1. The minimum Gasteiger partial charge on any atom is -0.493 e. The van der Waals surface area contributed by atoms with Gasteiger partial charge in [0.15, 0.2) is 17.5 Å². The van der Waals surface area contributed by atoms with Crippen LogP contribution in [0.5, 0.6) is 11.5 Å². The molecular formula is C18H24N4O3. The number of guanidine groups is 1. The molecule has 0 unspecified atom stereocenters. The number of aromatic nitrogens is 1. The molecule has 3 rings (SSSR count). The third-order valence-corrected chi connectivity index (χ3v) is 4.23. The first-order valence-electron chi connectivity index (χ1n) is 8.41. The Kier molecular flexibility index (Phi) is 5.42. The smallest absolute Gasteiger partial charge is 0.194 e. The first-order valence-corrected chi connectivity index (χ1v) is 8.41. The van der Waals surface area contributed by atoms with Crippen molar-refractivity contribution in [3.05, 3.63) is 41.3 Å². The number of fused-ring (bicyclic) bond motifs is 1. The van der Waals surface area contributed by atoms with Crippen LogP contribution in [0.1, 0.15) is 23.7 Å². The predicted octanol–water partition coefficient (Wildman–Crippen LogP) is 2.22. The van der Waals surface area contributed by atoms with E-state index in [1.54, 1.807) is 20.5 Å². The van der Waals surface area contributed by atoms with E-state index in [0.717, 1.165) is 49.2 Å². The maximum absolute atomic E-state index is 5.43. The van der Waals surface area contributed by atoms with Gasteiger partial charge in [-0.3, -0.25) is 0 Å². The monoisotopic (exact) mass is 344 g/mol. The molecule has 25 heavy (non-hydrogen) atoms. The van der Waals surface area contributed by atoms with Crippen LogP contribution in [0.2, 0.25) is 0 Å². The highest BCUT2D eigenvalue weighted by molar-refractivity contribution is 5.80. The molecule has 0 aliphatic carbocycles. The molecule has 0 amide bonds. The average molecular weight is 344 g/mol. The topological polar surface area (TPSA) is 72.1 Å². The first-order chi connectivity index (χ1) is 12.2. The molecule has 1 aromatic heterocycles. The van der Waals surface area contributed by atoms with E-state index in [1.165, 1.54) is 11.1 Å². The molecule has 0 bridgehead atoms. The SMILES string of the molecule is CCNC(=NCc1ccon1)N1CCc2cc(OC)c(OC)cc2C1. The van der Waals surface area contributed by atoms with E-state index in [-0.39, 0.29) is 0 Å². The molecule has 1 aliphatic heterocycles. The van der Waals surface area contributed by atoms with Crippen LogP contribution in [0.3, 0.4) is 0 Å². The second kappa shape index (κ2) is 7.92. The molecule has 1 N–H and O–H groups in total. The van der Waals surface area contributed by atoms with Crippen molar-refractivity contribution in [1.82, 2.24) is 15.4 Å². The Morgan fingerprint density at radius 2 is 2.04 bits per heavy atom. The van der Waals surface area contributed by atoms with Gasteiger partial charge in [0.1, 0.15) is 12.0 Å². The lowest BCUT2D eigenvalue weighted by Gasteiger charge is -2.32. The van der Waals surface area contributed by atoms with E-state index in [4.69, 9.17) is 14.0 Å². The van der Waals surface area contributed by atoms with Crippen LogP contribution in [0, 0.1) is 0 Å². The number of hydrogen-bond acceptors (Lipinski definition) is 5. The van der Waals surface area contributed by atoms with Gasteiger partial charge in [-0.1, -0.05) is 5.16 Å². The maximum atomic E-state index is 5.43. The summed E-state index contributed by atoms with van der Waals surface area (Å²) < 4.78 is 15.7. The van der Waals surface area contributed by atoms with Crippen LogP contribution in [-0.4, -0.2) is 43.3 Å². The predicted molar refractivity (Wildman–Crippen MR) is 95.0 cm³/mol. The Bertz CT molecular complexity index is 728. The highest BCUT2D eigenvalue weighted by Gasteiger charge is 2.21. The van der Waals surface area contributed by atoms with Crippen LogP contribution in [0.25, 0.3) is 0 Å². The molecule has 7 nitrogen and oxygen atoms in total. The second-order valence-corrected chi connectivity index (χ2v) is 5.81. The highest BCUT2D eigenvalue weighted by Crippen LogP contribution is 2.33. The Labute approximate surface area is 147 Å². The molecule has 1 aromatic carbocycles. The summed E-state index contributed by atoms with van der Waals surface area (Å²) in [6.07, 6.45) is 2.50. The molecule has 0 atom stereocenters. The lowest BCUT2D eigenvalue weighted by molar-refractivity contribution is 0.346. The molecule has 2 aromatic rings. The van der Waals surface area contributed by atoms with Crippen molar-refractivity contribution in [3.8, 4) is 11.5 Å². The summed E-state index contributed by atoms with van der Waals surface area (Å²) in [6.45, 7) is 5.05. The minimum absolute atomic E-state index is 0.494. The quantitative estimate of drug-likeness (QED) is 0.662. The zero-order valence-corrected chi connectivity index (χ0v) is 14.9. The average Bonchev–Trinajstić information content (AvgIpc) is 3.17. The molecule has 0 saturated carbocycles. The standard InChI is InChI=1S/C18H24N4O3/c1-4-19-18(20-11-15-6-8-25-21-15)22-7-5-13-9-16(23-2)17(24-3)10-14(13)12-22/h6,8-10H,4-5,7,11-12H2,1-3H3,(H,19,20). The number of nitrogens with zero attached hydrogens (tertiary/aromatic N) is 3. The molecule has 7 heteroatoms. The van der Waals surface area contributed by atoms with Crippen molar-refractivity contribution in [2.75, 3.05) is 27.3 Å². The van der Waals surface area contributed by atoms with Gasteiger partial charge in [-0.2, -0.15) is 0 Å². The summed E-state index contributed by atoms with van der Waals surface area (Å²) in [5, 5.41) is 7.27. The van der Waals surface area contributed by atoms with Crippen molar-refractivity contribution in [2.24, 2.45) is 4.99 Å². The number of ether oxygens (including phenoxy) is 2. The molecule has 2 heterocycles. The third kappa shape index (κ3) is 3.87. The van der Waals surface area contributed by atoms with Gasteiger partial charge in [0.25, 0.3) is 0 Å². The number of methoxy groups -OCH3 is 2. The first kappa shape index (κ1) is 17.1. The lowest BCUT2D eigenvalue weighted by Crippen LogP contribution is -2.44. The van der Waals surface area contributed by atoms with E-state index in [0.29, 0.717) is 6.54 Å². The van der Waals surface area contributed by atoms with Gasteiger partial charge < -0.3 is 24.2 Å². The Morgan fingerprint density at radius 1 is 1.28 bits per heavy atom. The van der Waals surface area contributed by atoms with Crippen molar-refractivity contribution >= 4 is 5.96 Å². The van der Waals surface area contributed by atoms with E-state index in [2.05, 4.69) is 39.4 Å². The molecule has 0 spiro atoms. The van der Waals surface area contributed by atoms with Crippen LogP contribution >= 0.6 is 0 Å². The van der Waals surface area contributed by atoms with Gasteiger partial charge in [0.2, 0.25) is 0 Å². The van der Waals surface area contributed by atoms with Gasteiger partial charge in [-0.15, -0.1) is 0 Å².